The summed E-state index contributed by atoms with van der Waals surface area (Å²) in [5.74, 6) is 2.53. The molecule has 0 saturated carbocycles. The second kappa shape index (κ2) is 9.30. The fourth-order valence-electron chi connectivity index (χ4n) is 2.71. The van der Waals surface area contributed by atoms with Crippen molar-refractivity contribution in [1.29, 1.82) is 0 Å². The average molecular weight is 305 g/mol. The molecule has 0 spiro atoms. The van der Waals surface area contributed by atoms with Gasteiger partial charge in [-0.3, -0.25) is 4.99 Å². The van der Waals surface area contributed by atoms with Gasteiger partial charge < -0.3 is 19.7 Å². The molecular formula is C17H27N3O2. The molecule has 1 unspecified atom stereocenters. The number of hydrogen-bond donors (Lipinski definition) is 1. The Bertz CT molecular complexity index is 450. The second-order valence-corrected chi connectivity index (χ2v) is 5.55. The first kappa shape index (κ1) is 16.6. The van der Waals surface area contributed by atoms with E-state index in [9.17, 15) is 0 Å². The fraction of sp³-hybridized carbons (Fsp3) is 0.588. The molecule has 0 amide bonds. The number of guanidine groups is 1. The largest absolute Gasteiger partial charge is 0.494 e. The molecule has 5 nitrogen and oxygen atoms in total. The zero-order chi connectivity index (χ0) is 15.6. The Morgan fingerprint density at radius 3 is 2.91 bits per heavy atom. The summed E-state index contributed by atoms with van der Waals surface area (Å²) in [6, 6.07) is 9.92. The molecule has 0 aliphatic carbocycles. The van der Waals surface area contributed by atoms with E-state index in [2.05, 4.69) is 15.2 Å². The minimum atomic E-state index is 0.616. The molecule has 1 aromatic carbocycles. The number of nitrogens with zero attached hydrogens (tertiary/aromatic N) is 2. The highest BCUT2D eigenvalue weighted by Crippen LogP contribution is 2.16. The van der Waals surface area contributed by atoms with Crippen molar-refractivity contribution >= 4 is 5.96 Å². The van der Waals surface area contributed by atoms with Crippen LogP contribution in [0, 0.1) is 5.92 Å². The Kier molecular flexibility index (Phi) is 7.03. The highest BCUT2D eigenvalue weighted by molar-refractivity contribution is 5.80. The van der Waals surface area contributed by atoms with Crippen LogP contribution in [0.15, 0.2) is 35.3 Å². The Morgan fingerprint density at radius 1 is 1.36 bits per heavy atom. The third-order valence-electron chi connectivity index (χ3n) is 3.82. The Hall–Kier alpha value is -1.75. The van der Waals surface area contributed by atoms with E-state index in [1.165, 1.54) is 6.42 Å². The quantitative estimate of drug-likeness (QED) is 0.475. The van der Waals surface area contributed by atoms with Crippen LogP contribution >= 0.6 is 0 Å². The van der Waals surface area contributed by atoms with E-state index in [-0.39, 0.29) is 0 Å². The number of ether oxygens (including phenoxy) is 2. The number of benzene rings is 1. The third kappa shape index (κ3) is 5.22. The van der Waals surface area contributed by atoms with Gasteiger partial charge in [0.15, 0.2) is 5.96 Å². The summed E-state index contributed by atoms with van der Waals surface area (Å²) in [5, 5.41) is 3.42. The third-order valence-corrected chi connectivity index (χ3v) is 3.82. The molecule has 2 rings (SSSR count). The summed E-state index contributed by atoms with van der Waals surface area (Å²) in [4.78, 5) is 6.68. The van der Waals surface area contributed by atoms with Crippen LogP contribution in [0.5, 0.6) is 5.75 Å². The van der Waals surface area contributed by atoms with Crippen LogP contribution in [0.25, 0.3) is 0 Å². The summed E-state index contributed by atoms with van der Waals surface area (Å²) in [6.07, 6.45) is 2.12. The van der Waals surface area contributed by atoms with Crippen molar-refractivity contribution in [1.82, 2.24) is 10.2 Å². The lowest BCUT2D eigenvalue weighted by Gasteiger charge is -2.21. The van der Waals surface area contributed by atoms with Gasteiger partial charge in [0, 0.05) is 39.7 Å². The standard InChI is InChI=1S/C17H27N3O2/c1-18-17(20-11-9-15(13-20)14-21-2)19-10-6-12-22-16-7-4-3-5-8-16/h3-5,7-8,15H,6,9-14H2,1-2H3,(H,18,19). The number of para-hydroxylation sites is 1. The van der Waals surface area contributed by atoms with Crippen LogP contribution < -0.4 is 10.1 Å². The topological polar surface area (TPSA) is 46.1 Å². The van der Waals surface area contributed by atoms with E-state index in [1.807, 2.05) is 37.4 Å². The number of methoxy groups -OCH3 is 1. The van der Waals surface area contributed by atoms with Gasteiger partial charge in [-0.25, -0.2) is 0 Å². The van der Waals surface area contributed by atoms with Gasteiger partial charge in [0.2, 0.25) is 0 Å². The maximum Gasteiger partial charge on any atom is 0.193 e. The molecule has 1 heterocycles. The summed E-state index contributed by atoms with van der Waals surface area (Å²) in [7, 11) is 3.61. The van der Waals surface area contributed by atoms with Gasteiger partial charge in [0.1, 0.15) is 5.75 Å². The number of rotatable bonds is 7. The van der Waals surface area contributed by atoms with Crippen molar-refractivity contribution in [3.8, 4) is 5.75 Å². The monoisotopic (exact) mass is 305 g/mol. The van der Waals surface area contributed by atoms with E-state index in [0.29, 0.717) is 12.5 Å². The highest BCUT2D eigenvalue weighted by Gasteiger charge is 2.24. The van der Waals surface area contributed by atoms with Gasteiger partial charge in [0.05, 0.1) is 13.2 Å². The van der Waals surface area contributed by atoms with Crippen molar-refractivity contribution in [2.24, 2.45) is 10.9 Å². The van der Waals surface area contributed by atoms with E-state index in [0.717, 1.165) is 44.4 Å². The number of likely N-dealkylation sites (tertiary alicyclic amines) is 1. The lowest BCUT2D eigenvalue weighted by Crippen LogP contribution is -2.40. The zero-order valence-corrected chi connectivity index (χ0v) is 13.6. The minimum absolute atomic E-state index is 0.616. The maximum atomic E-state index is 5.69. The molecule has 1 aliphatic rings. The fourth-order valence-corrected chi connectivity index (χ4v) is 2.71. The molecule has 1 fully saturated rings. The van der Waals surface area contributed by atoms with Gasteiger partial charge in [0.25, 0.3) is 0 Å². The lowest BCUT2D eigenvalue weighted by atomic mass is 10.1. The summed E-state index contributed by atoms with van der Waals surface area (Å²) in [5.41, 5.74) is 0. The molecule has 0 radical (unpaired) electrons. The van der Waals surface area contributed by atoms with Gasteiger partial charge in [-0.1, -0.05) is 18.2 Å². The number of nitrogens with one attached hydrogen (secondary N) is 1. The van der Waals surface area contributed by atoms with E-state index in [1.54, 1.807) is 7.11 Å². The summed E-state index contributed by atoms with van der Waals surface area (Å²) < 4.78 is 10.9. The molecule has 5 heteroatoms. The van der Waals surface area contributed by atoms with Gasteiger partial charge in [-0.2, -0.15) is 0 Å². The first-order valence-corrected chi connectivity index (χ1v) is 7.96. The highest BCUT2D eigenvalue weighted by atomic mass is 16.5. The molecule has 22 heavy (non-hydrogen) atoms. The molecule has 0 bridgehead atoms. The average Bonchev–Trinajstić information content (AvgIpc) is 3.01. The van der Waals surface area contributed by atoms with Crippen LogP contribution in [-0.4, -0.2) is 57.9 Å². The Balaban J connectivity index is 1.63. The molecular weight excluding hydrogens is 278 g/mol. The van der Waals surface area contributed by atoms with E-state index >= 15 is 0 Å². The maximum absolute atomic E-state index is 5.69. The van der Waals surface area contributed by atoms with Crippen molar-refractivity contribution in [3.63, 3.8) is 0 Å². The van der Waals surface area contributed by atoms with Crippen LogP contribution in [0.3, 0.4) is 0 Å². The van der Waals surface area contributed by atoms with Crippen LogP contribution in [0.4, 0.5) is 0 Å². The molecule has 1 N–H and O–H groups in total. The van der Waals surface area contributed by atoms with Crippen molar-refractivity contribution < 1.29 is 9.47 Å². The van der Waals surface area contributed by atoms with E-state index < -0.39 is 0 Å². The predicted octanol–water partition coefficient (Wildman–Crippen LogP) is 2.00. The Labute approximate surface area is 133 Å². The van der Waals surface area contributed by atoms with Crippen molar-refractivity contribution in [2.75, 3.05) is 47.0 Å². The SMILES string of the molecule is CN=C(NCCCOc1ccccc1)N1CCC(COC)C1. The summed E-state index contributed by atoms with van der Waals surface area (Å²) >= 11 is 0. The van der Waals surface area contributed by atoms with Gasteiger partial charge in [-0.05, 0) is 25.0 Å². The normalized spacial score (nSPS) is 18.5. The lowest BCUT2D eigenvalue weighted by molar-refractivity contribution is 0.157. The van der Waals surface area contributed by atoms with Crippen LogP contribution in [0.2, 0.25) is 0 Å². The van der Waals surface area contributed by atoms with Crippen LogP contribution in [-0.2, 0) is 4.74 Å². The molecule has 1 saturated heterocycles. The second-order valence-electron chi connectivity index (χ2n) is 5.55. The summed E-state index contributed by atoms with van der Waals surface area (Å²) in [6.45, 7) is 4.48. The van der Waals surface area contributed by atoms with Gasteiger partial charge >= 0.3 is 0 Å². The predicted molar refractivity (Wildman–Crippen MR) is 89.5 cm³/mol. The first-order valence-electron chi connectivity index (χ1n) is 7.96. The van der Waals surface area contributed by atoms with Crippen LogP contribution in [0.1, 0.15) is 12.8 Å². The molecule has 0 aromatic heterocycles. The zero-order valence-electron chi connectivity index (χ0n) is 13.6. The molecule has 1 atom stereocenters. The van der Waals surface area contributed by atoms with E-state index in [4.69, 9.17) is 9.47 Å². The van der Waals surface area contributed by atoms with Gasteiger partial charge in [-0.15, -0.1) is 0 Å². The number of hydrogen-bond acceptors (Lipinski definition) is 3. The molecule has 122 valence electrons. The minimum Gasteiger partial charge on any atom is -0.494 e. The number of aliphatic imine (C=N–C) groups is 1. The molecule has 1 aliphatic heterocycles. The molecule has 1 aromatic rings. The van der Waals surface area contributed by atoms with Crippen molar-refractivity contribution in [3.05, 3.63) is 30.3 Å². The van der Waals surface area contributed by atoms with Crippen molar-refractivity contribution in [2.45, 2.75) is 12.8 Å². The smallest absolute Gasteiger partial charge is 0.193 e. The Morgan fingerprint density at radius 2 is 2.18 bits per heavy atom. The first-order chi connectivity index (χ1) is 10.8.